The number of hydrogen-bond acceptors (Lipinski definition) is 3. The van der Waals surface area contributed by atoms with Crippen LogP contribution in [0.15, 0.2) is 12.1 Å². The van der Waals surface area contributed by atoms with Crippen LogP contribution in [0.3, 0.4) is 0 Å². The van der Waals surface area contributed by atoms with E-state index in [4.69, 9.17) is 4.74 Å². The molecule has 4 nitrogen and oxygen atoms in total. The Bertz CT molecular complexity index is 501. The minimum atomic E-state index is -3.32. The van der Waals surface area contributed by atoms with Crippen molar-refractivity contribution < 1.29 is 13.2 Å². The number of anilines is 1. The van der Waals surface area contributed by atoms with E-state index in [9.17, 15) is 8.42 Å². The standard InChI is InChI=1S/C12H18NO3S/c1-12(2,3)9-6-7-11(16-4)10(8-9)13-17(5,14)15/h6,8,13H,1-5H3. The third-order valence-corrected chi connectivity index (χ3v) is 2.86. The van der Waals surface area contributed by atoms with Gasteiger partial charge >= 0.3 is 0 Å². The van der Waals surface area contributed by atoms with Gasteiger partial charge in [0.25, 0.3) is 0 Å². The SMILES string of the molecule is COc1[c]cc(C(C)(C)C)cc1NS(C)(=O)=O. The molecule has 0 fully saturated rings. The number of ether oxygens (including phenoxy) is 1. The highest BCUT2D eigenvalue weighted by atomic mass is 32.2. The lowest BCUT2D eigenvalue weighted by Crippen LogP contribution is -2.14. The van der Waals surface area contributed by atoms with Gasteiger partial charge in [0, 0.05) is 6.07 Å². The average molecular weight is 256 g/mol. The smallest absolute Gasteiger partial charge is 0.229 e. The predicted octanol–water partition coefficient (Wildman–Crippen LogP) is 2.16. The Balaban J connectivity index is 3.25. The van der Waals surface area contributed by atoms with Crippen molar-refractivity contribution in [2.45, 2.75) is 26.2 Å². The molecular formula is C12H18NO3S. The van der Waals surface area contributed by atoms with E-state index >= 15 is 0 Å². The van der Waals surface area contributed by atoms with Crippen molar-refractivity contribution in [1.29, 1.82) is 0 Å². The maximum Gasteiger partial charge on any atom is 0.229 e. The average Bonchev–Trinajstić information content (AvgIpc) is 2.13. The zero-order chi connectivity index (χ0) is 13.3. The number of nitrogens with one attached hydrogen (secondary N) is 1. The first-order valence-electron chi connectivity index (χ1n) is 5.21. The fourth-order valence-electron chi connectivity index (χ4n) is 1.36. The highest BCUT2D eigenvalue weighted by molar-refractivity contribution is 7.92. The van der Waals surface area contributed by atoms with E-state index in [1.54, 1.807) is 6.07 Å². The van der Waals surface area contributed by atoms with Crippen LogP contribution in [-0.4, -0.2) is 21.8 Å². The van der Waals surface area contributed by atoms with Crippen LogP contribution in [0, 0.1) is 6.07 Å². The van der Waals surface area contributed by atoms with Gasteiger partial charge in [0.2, 0.25) is 10.0 Å². The van der Waals surface area contributed by atoms with Crippen molar-refractivity contribution >= 4 is 15.7 Å². The largest absolute Gasteiger partial charge is 0.494 e. The summed E-state index contributed by atoms with van der Waals surface area (Å²) >= 11 is 0. The Morgan fingerprint density at radius 1 is 1.35 bits per heavy atom. The number of methoxy groups -OCH3 is 1. The van der Waals surface area contributed by atoms with Gasteiger partial charge in [-0.15, -0.1) is 0 Å². The molecule has 0 amide bonds. The molecule has 0 aliphatic heterocycles. The van der Waals surface area contributed by atoms with E-state index in [-0.39, 0.29) is 5.41 Å². The number of rotatable bonds is 3. The maximum atomic E-state index is 11.2. The lowest BCUT2D eigenvalue weighted by atomic mass is 9.87. The molecule has 1 rings (SSSR count). The molecule has 0 atom stereocenters. The number of sulfonamides is 1. The quantitative estimate of drug-likeness (QED) is 0.901. The third-order valence-electron chi connectivity index (χ3n) is 2.27. The third kappa shape index (κ3) is 3.93. The summed E-state index contributed by atoms with van der Waals surface area (Å²) < 4.78 is 30.0. The summed E-state index contributed by atoms with van der Waals surface area (Å²) in [6.45, 7) is 6.15. The Morgan fingerprint density at radius 3 is 2.35 bits per heavy atom. The molecule has 0 saturated carbocycles. The Kier molecular flexibility index (Phi) is 3.71. The molecule has 95 valence electrons. The van der Waals surface area contributed by atoms with Crippen LogP contribution < -0.4 is 9.46 Å². The van der Waals surface area contributed by atoms with Crippen LogP contribution in [0.25, 0.3) is 0 Å². The van der Waals surface area contributed by atoms with Gasteiger partial charge < -0.3 is 4.74 Å². The zero-order valence-corrected chi connectivity index (χ0v) is 11.6. The van der Waals surface area contributed by atoms with Crippen molar-refractivity contribution in [2.75, 3.05) is 18.1 Å². The summed E-state index contributed by atoms with van der Waals surface area (Å²) in [5.41, 5.74) is 1.34. The maximum absolute atomic E-state index is 11.2. The molecular weight excluding hydrogens is 238 g/mol. The van der Waals surface area contributed by atoms with Gasteiger partial charge in [-0.3, -0.25) is 4.72 Å². The van der Waals surface area contributed by atoms with Crippen LogP contribution >= 0.6 is 0 Å². The summed E-state index contributed by atoms with van der Waals surface area (Å²) in [6.07, 6.45) is 1.11. The van der Waals surface area contributed by atoms with E-state index in [0.717, 1.165) is 11.8 Å². The lowest BCUT2D eigenvalue weighted by molar-refractivity contribution is 0.415. The topological polar surface area (TPSA) is 55.4 Å². The van der Waals surface area contributed by atoms with Gasteiger partial charge in [-0.05, 0) is 23.1 Å². The molecule has 0 heterocycles. The van der Waals surface area contributed by atoms with Crippen LogP contribution in [0.4, 0.5) is 5.69 Å². The predicted molar refractivity (Wildman–Crippen MR) is 69.0 cm³/mol. The molecule has 5 heteroatoms. The van der Waals surface area contributed by atoms with Gasteiger partial charge in [0.05, 0.1) is 19.1 Å². The first-order valence-corrected chi connectivity index (χ1v) is 7.10. The van der Waals surface area contributed by atoms with E-state index in [0.29, 0.717) is 11.4 Å². The Morgan fingerprint density at radius 2 is 1.94 bits per heavy atom. The minimum absolute atomic E-state index is 0.0727. The fourth-order valence-corrected chi connectivity index (χ4v) is 1.91. The Hall–Kier alpha value is -1.23. The lowest BCUT2D eigenvalue weighted by Gasteiger charge is -2.21. The second kappa shape index (κ2) is 4.56. The highest BCUT2D eigenvalue weighted by Gasteiger charge is 2.17. The van der Waals surface area contributed by atoms with Gasteiger partial charge in [-0.2, -0.15) is 0 Å². The summed E-state index contributed by atoms with van der Waals surface area (Å²) in [5, 5.41) is 0. The first-order chi connectivity index (χ1) is 7.63. The molecule has 1 N–H and O–H groups in total. The molecule has 0 aliphatic rings. The van der Waals surface area contributed by atoms with E-state index in [2.05, 4.69) is 10.8 Å². The van der Waals surface area contributed by atoms with E-state index in [1.165, 1.54) is 7.11 Å². The Labute approximate surface area is 103 Å². The molecule has 1 aromatic rings. The monoisotopic (exact) mass is 256 g/mol. The van der Waals surface area contributed by atoms with Gasteiger partial charge in [0.15, 0.2) is 5.75 Å². The molecule has 0 unspecified atom stereocenters. The van der Waals surface area contributed by atoms with Gasteiger partial charge in [0.1, 0.15) is 0 Å². The number of hydrogen-bond donors (Lipinski definition) is 1. The van der Waals surface area contributed by atoms with Gasteiger partial charge in [-0.25, -0.2) is 8.42 Å². The molecule has 0 saturated heterocycles. The molecule has 0 aromatic heterocycles. The molecule has 17 heavy (non-hydrogen) atoms. The molecule has 1 aromatic carbocycles. The molecule has 0 bridgehead atoms. The summed E-state index contributed by atoms with van der Waals surface area (Å²) in [4.78, 5) is 0. The summed E-state index contributed by atoms with van der Waals surface area (Å²) in [5.74, 6) is 0.392. The fraction of sp³-hybridized carbons (Fsp3) is 0.500. The minimum Gasteiger partial charge on any atom is -0.494 e. The zero-order valence-electron chi connectivity index (χ0n) is 10.8. The van der Waals surface area contributed by atoms with Crippen molar-refractivity contribution in [3.8, 4) is 5.75 Å². The second-order valence-corrected chi connectivity index (χ2v) is 6.71. The molecule has 1 radical (unpaired) electrons. The van der Waals surface area contributed by atoms with E-state index in [1.807, 2.05) is 26.8 Å². The van der Waals surface area contributed by atoms with Crippen molar-refractivity contribution in [3.63, 3.8) is 0 Å². The first kappa shape index (κ1) is 13.8. The van der Waals surface area contributed by atoms with Crippen molar-refractivity contribution in [3.05, 3.63) is 23.8 Å². The summed E-state index contributed by atoms with van der Waals surface area (Å²) in [6, 6.07) is 6.52. The van der Waals surface area contributed by atoms with Gasteiger partial charge in [-0.1, -0.05) is 20.8 Å². The van der Waals surface area contributed by atoms with Crippen LogP contribution in [0.1, 0.15) is 26.3 Å². The van der Waals surface area contributed by atoms with Crippen LogP contribution in [-0.2, 0) is 15.4 Å². The summed E-state index contributed by atoms with van der Waals surface area (Å²) in [7, 11) is -1.84. The molecule has 0 aliphatic carbocycles. The normalized spacial score (nSPS) is 12.3. The number of benzene rings is 1. The van der Waals surface area contributed by atoms with E-state index < -0.39 is 10.0 Å². The molecule has 0 spiro atoms. The van der Waals surface area contributed by atoms with Crippen molar-refractivity contribution in [2.24, 2.45) is 0 Å². The highest BCUT2D eigenvalue weighted by Crippen LogP contribution is 2.31. The van der Waals surface area contributed by atoms with Crippen molar-refractivity contribution in [1.82, 2.24) is 0 Å². The second-order valence-electron chi connectivity index (χ2n) is 4.96. The van der Waals surface area contributed by atoms with Crippen LogP contribution in [0.5, 0.6) is 5.75 Å². The van der Waals surface area contributed by atoms with Crippen LogP contribution in [0.2, 0.25) is 0 Å².